The molecule has 3 N–H and O–H groups in total. The molecule has 0 bridgehead atoms. The largest absolute Gasteiger partial charge is 0.497 e. The Balaban J connectivity index is 1.46. The molecule has 0 spiro atoms. The Hall–Kier alpha value is -3.98. The van der Waals surface area contributed by atoms with E-state index in [0.29, 0.717) is 18.7 Å². The third kappa shape index (κ3) is 5.49. The molecule has 1 saturated heterocycles. The summed E-state index contributed by atoms with van der Waals surface area (Å²) in [5, 5.41) is 2.91. The minimum Gasteiger partial charge on any atom is -0.497 e. The maximum Gasteiger partial charge on any atom is 0.274 e. The standard InChI is InChI=1S/C25H27N5O4/c1-33-19-7-4-5-17(11-19)16-34-20-12-23(24(31)29-13-18-6-2-3-8-21(18)26)30(15-20)25(32)22-14-27-9-10-28-22/h2-11,14,20,23H,12-13,15-16,26H2,1H3,(H,29,31). The van der Waals surface area contributed by atoms with Gasteiger partial charge in [-0.3, -0.25) is 14.6 Å². The maximum absolute atomic E-state index is 13.1. The van der Waals surface area contributed by atoms with Gasteiger partial charge in [-0.25, -0.2) is 4.98 Å². The lowest BCUT2D eigenvalue weighted by molar-refractivity contribution is -0.125. The zero-order chi connectivity index (χ0) is 23.9. The van der Waals surface area contributed by atoms with Crippen molar-refractivity contribution in [2.24, 2.45) is 0 Å². The topological polar surface area (TPSA) is 120 Å². The van der Waals surface area contributed by atoms with Crippen molar-refractivity contribution in [1.82, 2.24) is 20.2 Å². The predicted octanol–water partition coefficient (Wildman–Crippen LogP) is 2.18. The van der Waals surface area contributed by atoms with Crippen LogP contribution in [0.1, 0.15) is 28.0 Å². The summed E-state index contributed by atoms with van der Waals surface area (Å²) >= 11 is 0. The molecule has 0 saturated carbocycles. The van der Waals surface area contributed by atoms with Crippen LogP contribution in [-0.4, -0.2) is 52.5 Å². The van der Waals surface area contributed by atoms with Gasteiger partial charge in [0.05, 0.1) is 26.0 Å². The van der Waals surface area contributed by atoms with Crippen LogP contribution in [0.5, 0.6) is 5.75 Å². The average molecular weight is 462 g/mol. The van der Waals surface area contributed by atoms with Crippen LogP contribution in [0.4, 0.5) is 5.69 Å². The summed E-state index contributed by atoms with van der Waals surface area (Å²) < 4.78 is 11.3. The molecule has 3 aromatic rings. The van der Waals surface area contributed by atoms with E-state index in [-0.39, 0.29) is 36.7 Å². The molecule has 176 valence electrons. The molecule has 1 fully saturated rings. The van der Waals surface area contributed by atoms with Crippen LogP contribution in [0, 0.1) is 0 Å². The van der Waals surface area contributed by atoms with Crippen LogP contribution in [0.2, 0.25) is 0 Å². The summed E-state index contributed by atoms with van der Waals surface area (Å²) in [6.07, 6.45) is 4.39. The molecule has 0 radical (unpaired) electrons. The maximum atomic E-state index is 13.1. The molecule has 1 aromatic heterocycles. The van der Waals surface area contributed by atoms with Crippen LogP contribution in [0.25, 0.3) is 0 Å². The molecule has 2 atom stereocenters. The van der Waals surface area contributed by atoms with Gasteiger partial charge in [-0.1, -0.05) is 30.3 Å². The van der Waals surface area contributed by atoms with Crippen molar-refractivity contribution in [3.05, 3.63) is 83.9 Å². The molecule has 34 heavy (non-hydrogen) atoms. The molecule has 9 nitrogen and oxygen atoms in total. The Morgan fingerprint density at radius 1 is 1.18 bits per heavy atom. The molecule has 0 aliphatic carbocycles. The van der Waals surface area contributed by atoms with Gasteiger partial charge >= 0.3 is 0 Å². The number of anilines is 1. The zero-order valence-corrected chi connectivity index (χ0v) is 18.9. The molecule has 2 aromatic carbocycles. The van der Waals surface area contributed by atoms with Gasteiger partial charge < -0.3 is 25.4 Å². The predicted molar refractivity (Wildman–Crippen MR) is 126 cm³/mol. The summed E-state index contributed by atoms with van der Waals surface area (Å²) in [7, 11) is 1.61. The molecule has 1 aliphatic rings. The number of nitrogens with two attached hydrogens (primary N) is 1. The number of carbonyl (C=O) groups is 2. The number of aromatic nitrogens is 2. The highest BCUT2D eigenvalue weighted by Crippen LogP contribution is 2.24. The first kappa shape index (κ1) is 23.2. The highest BCUT2D eigenvalue weighted by atomic mass is 16.5. The second-order valence-corrected chi connectivity index (χ2v) is 8.00. The number of nitrogens with one attached hydrogen (secondary N) is 1. The Bertz CT molecular complexity index is 1140. The second-order valence-electron chi connectivity index (χ2n) is 8.00. The Labute approximate surface area is 197 Å². The quantitative estimate of drug-likeness (QED) is 0.494. The van der Waals surface area contributed by atoms with Crippen molar-refractivity contribution in [3.63, 3.8) is 0 Å². The van der Waals surface area contributed by atoms with Crippen LogP contribution in [-0.2, 0) is 22.7 Å². The fourth-order valence-corrected chi connectivity index (χ4v) is 3.92. The molecule has 2 heterocycles. The normalized spacial score (nSPS) is 17.4. The van der Waals surface area contributed by atoms with Gasteiger partial charge in [0.2, 0.25) is 5.91 Å². The molecule has 9 heteroatoms. The van der Waals surface area contributed by atoms with E-state index >= 15 is 0 Å². The van der Waals surface area contributed by atoms with Gasteiger partial charge in [0.15, 0.2) is 0 Å². The van der Waals surface area contributed by atoms with Crippen LogP contribution < -0.4 is 15.8 Å². The van der Waals surface area contributed by atoms with Gasteiger partial charge in [-0.05, 0) is 29.3 Å². The molecule has 1 aliphatic heterocycles. The summed E-state index contributed by atoms with van der Waals surface area (Å²) in [5.41, 5.74) is 8.52. The second kappa shape index (κ2) is 10.8. The van der Waals surface area contributed by atoms with Gasteiger partial charge in [-0.2, -0.15) is 0 Å². The fraction of sp³-hybridized carbons (Fsp3) is 0.280. The number of nitrogens with zero attached hydrogens (tertiary/aromatic N) is 3. The Kier molecular flexibility index (Phi) is 7.34. The van der Waals surface area contributed by atoms with Crippen LogP contribution in [0.3, 0.4) is 0 Å². The highest BCUT2D eigenvalue weighted by Gasteiger charge is 2.40. The number of nitrogen functional groups attached to an aromatic ring is 1. The zero-order valence-electron chi connectivity index (χ0n) is 18.9. The molecule has 2 amide bonds. The van der Waals surface area contributed by atoms with Gasteiger partial charge in [0, 0.05) is 37.6 Å². The van der Waals surface area contributed by atoms with Crippen LogP contribution in [0.15, 0.2) is 67.1 Å². The average Bonchev–Trinajstić information content (AvgIpc) is 3.31. The first-order valence-electron chi connectivity index (χ1n) is 11.0. The number of methoxy groups -OCH3 is 1. The van der Waals surface area contributed by atoms with E-state index in [2.05, 4.69) is 15.3 Å². The van der Waals surface area contributed by atoms with Crippen molar-refractivity contribution in [2.45, 2.75) is 31.7 Å². The van der Waals surface area contributed by atoms with E-state index in [9.17, 15) is 9.59 Å². The van der Waals surface area contributed by atoms with Gasteiger partial charge in [0.1, 0.15) is 17.5 Å². The van der Waals surface area contributed by atoms with E-state index in [1.807, 2.05) is 42.5 Å². The van der Waals surface area contributed by atoms with E-state index in [1.54, 1.807) is 13.2 Å². The monoisotopic (exact) mass is 461 g/mol. The van der Waals surface area contributed by atoms with Crippen molar-refractivity contribution in [1.29, 1.82) is 0 Å². The Morgan fingerprint density at radius 2 is 2.03 bits per heavy atom. The number of carbonyl (C=O) groups excluding carboxylic acids is 2. The van der Waals surface area contributed by atoms with Crippen molar-refractivity contribution in [3.8, 4) is 5.75 Å². The third-order valence-corrected chi connectivity index (χ3v) is 5.74. The summed E-state index contributed by atoms with van der Waals surface area (Å²) in [6.45, 7) is 0.874. The molecular weight excluding hydrogens is 434 g/mol. The first-order chi connectivity index (χ1) is 16.5. The van der Waals surface area contributed by atoms with Gasteiger partial charge in [-0.15, -0.1) is 0 Å². The van der Waals surface area contributed by atoms with E-state index in [0.717, 1.165) is 16.9 Å². The lowest BCUT2D eigenvalue weighted by atomic mass is 10.1. The van der Waals surface area contributed by atoms with Crippen molar-refractivity contribution >= 4 is 17.5 Å². The number of amides is 2. The number of hydrogen-bond donors (Lipinski definition) is 2. The molecular formula is C25H27N5O4. The smallest absolute Gasteiger partial charge is 0.274 e. The number of hydrogen-bond acceptors (Lipinski definition) is 7. The number of ether oxygens (including phenoxy) is 2. The summed E-state index contributed by atoms with van der Waals surface area (Å²) in [6, 6.07) is 14.2. The molecule has 4 rings (SSSR count). The fourth-order valence-electron chi connectivity index (χ4n) is 3.92. The van der Waals surface area contributed by atoms with E-state index < -0.39 is 6.04 Å². The number of benzene rings is 2. The van der Waals surface area contributed by atoms with Crippen molar-refractivity contribution in [2.75, 3.05) is 19.4 Å². The SMILES string of the molecule is COc1cccc(COC2CC(C(=O)NCc3ccccc3N)N(C(=O)c3cnccn3)C2)c1. The van der Waals surface area contributed by atoms with Gasteiger partial charge in [0.25, 0.3) is 5.91 Å². The van der Waals surface area contributed by atoms with E-state index in [4.69, 9.17) is 15.2 Å². The third-order valence-electron chi connectivity index (χ3n) is 5.74. The lowest BCUT2D eigenvalue weighted by Gasteiger charge is -2.23. The highest BCUT2D eigenvalue weighted by molar-refractivity contribution is 5.96. The Morgan fingerprint density at radius 3 is 2.79 bits per heavy atom. The van der Waals surface area contributed by atoms with Crippen LogP contribution >= 0.6 is 0 Å². The minimum atomic E-state index is -0.699. The first-order valence-corrected chi connectivity index (χ1v) is 11.0. The van der Waals surface area contributed by atoms with E-state index in [1.165, 1.54) is 23.5 Å². The molecule has 2 unspecified atom stereocenters. The minimum absolute atomic E-state index is 0.182. The summed E-state index contributed by atoms with van der Waals surface area (Å²) in [4.78, 5) is 35.9. The number of likely N-dealkylation sites (tertiary alicyclic amines) is 1. The number of rotatable bonds is 8. The number of para-hydroxylation sites is 1. The summed E-state index contributed by atoms with van der Waals surface area (Å²) in [5.74, 6) is 0.109. The lowest BCUT2D eigenvalue weighted by Crippen LogP contribution is -2.46. The van der Waals surface area contributed by atoms with Crippen molar-refractivity contribution < 1.29 is 19.1 Å².